The van der Waals surface area contributed by atoms with E-state index in [-0.39, 0.29) is 27.5 Å². The molecule has 33 heavy (non-hydrogen) atoms. The maximum Gasteiger partial charge on any atom is 0.339 e. The summed E-state index contributed by atoms with van der Waals surface area (Å²) in [7, 11) is -4.34. The molecule has 11 heteroatoms. The summed E-state index contributed by atoms with van der Waals surface area (Å²) in [4.78, 5) is 22.4. The van der Waals surface area contributed by atoms with Crippen LogP contribution < -0.4 is 9.50 Å². The van der Waals surface area contributed by atoms with E-state index in [1.807, 2.05) is 0 Å². The van der Waals surface area contributed by atoms with Crippen molar-refractivity contribution in [2.45, 2.75) is 4.90 Å². The number of hydrogen-bond acceptors (Lipinski definition) is 7. The summed E-state index contributed by atoms with van der Waals surface area (Å²) >= 11 is 3.30. The van der Waals surface area contributed by atoms with Gasteiger partial charge >= 0.3 is 10.1 Å². The SMILES string of the molecule is N#C/C(=C\c1ccccc1OS(=O)(=O)c1ccc([N+](=O)[O-])cc1)C(=O)Nc1ccccc1Br. The zero-order chi connectivity index (χ0) is 24.0. The van der Waals surface area contributed by atoms with Crippen molar-refractivity contribution in [3.63, 3.8) is 0 Å². The first-order valence-electron chi connectivity index (χ1n) is 9.17. The first kappa shape index (κ1) is 23.6. The highest BCUT2D eigenvalue weighted by atomic mass is 79.9. The zero-order valence-corrected chi connectivity index (χ0v) is 19.0. The lowest BCUT2D eigenvalue weighted by Crippen LogP contribution is -2.14. The van der Waals surface area contributed by atoms with Crippen molar-refractivity contribution in [1.82, 2.24) is 0 Å². The molecule has 0 bridgehead atoms. The summed E-state index contributed by atoms with van der Waals surface area (Å²) in [6, 6.07) is 18.8. The number of nitro benzene ring substituents is 1. The molecule has 0 saturated heterocycles. The Hall–Kier alpha value is -4.01. The van der Waals surface area contributed by atoms with Gasteiger partial charge in [0.25, 0.3) is 11.6 Å². The van der Waals surface area contributed by atoms with E-state index in [4.69, 9.17) is 4.18 Å². The van der Waals surface area contributed by atoms with Gasteiger partial charge in [-0.2, -0.15) is 13.7 Å². The van der Waals surface area contributed by atoms with Crippen LogP contribution in [0.5, 0.6) is 5.75 Å². The number of carbonyl (C=O) groups is 1. The molecule has 3 aromatic rings. The van der Waals surface area contributed by atoms with Crippen molar-refractivity contribution in [3.8, 4) is 11.8 Å². The van der Waals surface area contributed by atoms with Gasteiger partial charge in [0, 0.05) is 22.2 Å². The molecular weight excluding hydrogens is 514 g/mol. The van der Waals surface area contributed by atoms with Gasteiger partial charge in [-0.1, -0.05) is 30.3 Å². The van der Waals surface area contributed by atoms with Crippen LogP contribution >= 0.6 is 15.9 Å². The minimum atomic E-state index is -4.34. The lowest BCUT2D eigenvalue weighted by Gasteiger charge is -2.10. The van der Waals surface area contributed by atoms with Crippen LogP contribution in [0.4, 0.5) is 11.4 Å². The standard InChI is InChI=1S/C22H14BrN3O6S/c23-19-6-2-3-7-20(19)25-22(27)16(14-24)13-15-5-1-4-8-21(15)32-33(30,31)18-11-9-17(10-12-18)26(28)29/h1-13H,(H,25,27)/b16-13+. The number of non-ortho nitro benzene ring substituents is 1. The summed E-state index contributed by atoms with van der Waals surface area (Å²) in [5, 5.41) is 22.8. The van der Waals surface area contributed by atoms with Crippen molar-refractivity contribution in [3.05, 3.63) is 98.5 Å². The van der Waals surface area contributed by atoms with E-state index < -0.39 is 20.9 Å². The molecule has 0 fully saturated rings. The van der Waals surface area contributed by atoms with Crippen molar-refractivity contribution in [2.24, 2.45) is 0 Å². The predicted octanol–water partition coefficient (Wildman–Crippen LogP) is 4.67. The van der Waals surface area contributed by atoms with E-state index >= 15 is 0 Å². The predicted molar refractivity (Wildman–Crippen MR) is 124 cm³/mol. The quantitative estimate of drug-likeness (QED) is 0.155. The van der Waals surface area contributed by atoms with Gasteiger partial charge in [0.05, 0.1) is 10.6 Å². The summed E-state index contributed by atoms with van der Waals surface area (Å²) in [6.07, 6.45) is 1.20. The number of nitriles is 1. The number of para-hydroxylation sites is 2. The number of anilines is 1. The molecule has 1 amide bonds. The summed E-state index contributed by atoms with van der Waals surface area (Å²) in [5.41, 5.74) is 0.0669. The zero-order valence-electron chi connectivity index (χ0n) is 16.6. The Labute approximate surface area is 197 Å². The fourth-order valence-electron chi connectivity index (χ4n) is 2.63. The second kappa shape index (κ2) is 10.1. The van der Waals surface area contributed by atoms with Gasteiger partial charge in [0.15, 0.2) is 0 Å². The number of carbonyl (C=O) groups excluding carboxylic acids is 1. The molecule has 0 aliphatic carbocycles. The normalized spacial score (nSPS) is 11.3. The first-order chi connectivity index (χ1) is 15.7. The average Bonchev–Trinajstić information content (AvgIpc) is 2.79. The molecule has 0 aliphatic rings. The van der Waals surface area contributed by atoms with Gasteiger partial charge in [0.1, 0.15) is 22.3 Å². The van der Waals surface area contributed by atoms with E-state index in [9.17, 15) is 28.6 Å². The van der Waals surface area contributed by atoms with Crippen LogP contribution in [-0.4, -0.2) is 19.2 Å². The Kier molecular flexibility index (Phi) is 7.22. The molecule has 0 aromatic heterocycles. The molecule has 0 heterocycles. The van der Waals surface area contributed by atoms with Gasteiger partial charge < -0.3 is 9.50 Å². The van der Waals surface area contributed by atoms with Crippen molar-refractivity contribution in [1.29, 1.82) is 5.26 Å². The van der Waals surface area contributed by atoms with Crippen LogP contribution in [0.15, 0.2) is 87.7 Å². The number of halogens is 1. The third kappa shape index (κ3) is 5.82. The van der Waals surface area contributed by atoms with E-state index in [1.54, 1.807) is 36.4 Å². The van der Waals surface area contributed by atoms with E-state index in [1.165, 1.54) is 24.3 Å². The number of rotatable bonds is 7. The van der Waals surface area contributed by atoms with Gasteiger partial charge in [-0.25, -0.2) is 0 Å². The minimum Gasteiger partial charge on any atom is -0.378 e. The fraction of sp³-hybridized carbons (Fsp3) is 0. The summed E-state index contributed by atoms with van der Waals surface area (Å²) in [5.74, 6) is -0.824. The smallest absolute Gasteiger partial charge is 0.339 e. The number of nitrogens with zero attached hydrogens (tertiary/aromatic N) is 2. The van der Waals surface area contributed by atoms with Crippen LogP contribution in [0.2, 0.25) is 0 Å². The second-order valence-corrected chi connectivity index (χ2v) is 8.83. The van der Waals surface area contributed by atoms with E-state index in [0.29, 0.717) is 10.2 Å². The molecule has 0 spiro atoms. The average molecular weight is 528 g/mol. The summed E-state index contributed by atoms with van der Waals surface area (Å²) in [6.45, 7) is 0. The summed E-state index contributed by atoms with van der Waals surface area (Å²) < 4.78 is 31.1. The molecule has 0 radical (unpaired) electrons. The second-order valence-electron chi connectivity index (χ2n) is 6.43. The van der Waals surface area contributed by atoms with E-state index in [0.717, 1.165) is 24.3 Å². The Morgan fingerprint density at radius 3 is 2.33 bits per heavy atom. The maximum atomic E-state index is 12.6. The molecule has 3 aromatic carbocycles. The largest absolute Gasteiger partial charge is 0.378 e. The van der Waals surface area contributed by atoms with Gasteiger partial charge in [-0.3, -0.25) is 14.9 Å². The van der Waals surface area contributed by atoms with Crippen LogP contribution in [0.3, 0.4) is 0 Å². The number of nitrogens with one attached hydrogen (secondary N) is 1. The maximum absolute atomic E-state index is 12.6. The van der Waals surface area contributed by atoms with Crippen LogP contribution in [0, 0.1) is 21.4 Å². The lowest BCUT2D eigenvalue weighted by atomic mass is 10.1. The Morgan fingerprint density at radius 2 is 1.70 bits per heavy atom. The molecule has 166 valence electrons. The molecular formula is C22H14BrN3O6S. The van der Waals surface area contributed by atoms with Crippen molar-refractivity contribution < 1.29 is 22.3 Å². The third-order valence-electron chi connectivity index (χ3n) is 4.24. The van der Waals surface area contributed by atoms with Crippen LogP contribution in [-0.2, 0) is 14.9 Å². The van der Waals surface area contributed by atoms with Crippen molar-refractivity contribution >= 4 is 49.4 Å². The fourth-order valence-corrected chi connectivity index (χ4v) is 3.97. The molecule has 0 aliphatic heterocycles. The number of hydrogen-bond donors (Lipinski definition) is 1. The monoisotopic (exact) mass is 527 g/mol. The van der Waals surface area contributed by atoms with Crippen LogP contribution in [0.1, 0.15) is 5.56 Å². The minimum absolute atomic E-state index is 0.128. The highest BCUT2D eigenvalue weighted by molar-refractivity contribution is 9.10. The first-order valence-corrected chi connectivity index (χ1v) is 11.4. The Balaban J connectivity index is 1.89. The highest BCUT2D eigenvalue weighted by Gasteiger charge is 2.20. The van der Waals surface area contributed by atoms with Gasteiger partial charge in [-0.05, 0) is 52.3 Å². The number of benzene rings is 3. The number of nitro groups is 1. The lowest BCUT2D eigenvalue weighted by molar-refractivity contribution is -0.384. The molecule has 0 unspecified atom stereocenters. The third-order valence-corrected chi connectivity index (χ3v) is 6.18. The molecule has 0 saturated carbocycles. The van der Waals surface area contributed by atoms with Crippen molar-refractivity contribution in [2.75, 3.05) is 5.32 Å². The van der Waals surface area contributed by atoms with Gasteiger partial charge in [-0.15, -0.1) is 0 Å². The molecule has 3 rings (SSSR count). The Morgan fingerprint density at radius 1 is 1.06 bits per heavy atom. The Bertz CT molecular complexity index is 1400. The topological polar surface area (TPSA) is 139 Å². The van der Waals surface area contributed by atoms with Crippen LogP contribution in [0.25, 0.3) is 6.08 Å². The molecule has 9 nitrogen and oxygen atoms in total. The van der Waals surface area contributed by atoms with E-state index in [2.05, 4.69) is 21.2 Å². The van der Waals surface area contributed by atoms with Gasteiger partial charge in [0.2, 0.25) is 0 Å². The highest BCUT2D eigenvalue weighted by Crippen LogP contribution is 2.27. The number of amides is 1. The molecule has 1 N–H and O–H groups in total. The molecule has 0 atom stereocenters.